The van der Waals surface area contributed by atoms with Gasteiger partial charge in [-0.25, -0.2) is 4.52 Å². The van der Waals surface area contributed by atoms with Crippen LogP contribution in [0.2, 0.25) is 0 Å². The predicted molar refractivity (Wildman–Crippen MR) is 74.1 cm³/mol. The Labute approximate surface area is 119 Å². The average molecular weight is 324 g/mol. The van der Waals surface area contributed by atoms with Crippen molar-refractivity contribution in [2.45, 2.75) is 26.4 Å². The van der Waals surface area contributed by atoms with Crippen LogP contribution in [0, 0.1) is 18.3 Å². The van der Waals surface area contributed by atoms with Crippen LogP contribution in [-0.4, -0.2) is 26.9 Å². The molecule has 2 heterocycles. The lowest BCUT2D eigenvalue weighted by Gasteiger charge is -2.19. The summed E-state index contributed by atoms with van der Waals surface area (Å²) in [6.07, 6.45) is 1.52. The number of aliphatic hydroxyl groups is 1. The Morgan fingerprint density at radius 1 is 1.58 bits per heavy atom. The van der Waals surface area contributed by atoms with Gasteiger partial charge in [-0.2, -0.15) is 10.4 Å². The molecule has 0 saturated carbocycles. The molecule has 1 N–H and O–H groups in total. The highest BCUT2D eigenvalue weighted by Crippen LogP contribution is 2.29. The SMILES string of the molecule is Cc1c(OCC(C)(C)O)cc(Br)c2c(C#N)cnn12. The predicted octanol–water partition coefficient (Wildman–Crippen LogP) is 2.43. The Kier molecular flexibility index (Phi) is 3.52. The van der Waals surface area contributed by atoms with Gasteiger partial charge in [0.2, 0.25) is 0 Å². The summed E-state index contributed by atoms with van der Waals surface area (Å²) in [5, 5.41) is 22.9. The molecule has 0 saturated heterocycles. The number of rotatable bonds is 3. The Hall–Kier alpha value is -1.58. The summed E-state index contributed by atoms with van der Waals surface area (Å²) in [5.74, 6) is 0.620. The molecular weight excluding hydrogens is 310 g/mol. The molecule has 0 bridgehead atoms. The molecule has 2 aromatic heterocycles. The van der Waals surface area contributed by atoms with Crippen molar-refractivity contribution in [1.82, 2.24) is 9.61 Å². The third kappa shape index (κ3) is 2.72. The number of hydrogen-bond acceptors (Lipinski definition) is 4. The molecule has 100 valence electrons. The molecule has 2 aromatic rings. The summed E-state index contributed by atoms with van der Waals surface area (Å²) in [7, 11) is 0. The maximum Gasteiger partial charge on any atom is 0.141 e. The van der Waals surface area contributed by atoms with Crippen LogP contribution in [0.5, 0.6) is 5.75 Å². The third-order valence-corrected chi connectivity index (χ3v) is 3.23. The fourth-order valence-electron chi connectivity index (χ4n) is 1.71. The summed E-state index contributed by atoms with van der Waals surface area (Å²) >= 11 is 3.42. The Morgan fingerprint density at radius 2 is 2.26 bits per heavy atom. The van der Waals surface area contributed by atoms with Gasteiger partial charge in [0.05, 0.1) is 28.6 Å². The molecule has 0 aliphatic rings. The van der Waals surface area contributed by atoms with Crippen molar-refractivity contribution in [2.75, 3.05) is 6.61 Å². The fourth-order valence-corrected chi connectivity index (χ4v) is 2.30. The van der Waals surface area contributed by atoms with E-state index in [-0.39, 0.29) is 6.61 Å². The smallest absolute Gasteiger partial charge is 0.141 e. The minimum absolute atomic E-state index is 0.179. The number of fused-ring (bicyclic) bond motifs is 1. The van der Waals surface area contributed by atoms with Crippen LogP contribution in [0.3, 0.4) is 0 Å². The van der Waals surface area contributed by atoms with E-state index in [1.165, 1.54) is 6.20 Å². The van der Waals surface area contributed by atoms with Crippen molar-refractivity contribution in [3.63, 3.8) is 0 Å². The van der Waals surface area contributed by atoms with Gasteiger partial charge in [-0.05, 0) is 42.8 Å². The second-order valence-electron chi connectivity index (χ2n) is 4.97. The molecule has 19 heavy (non-hydrogen) atoms. The summed E-state index contributed by atoms with van der Waals surface area (Å²) in [6, 6.07) is 3.89. The highest BCUT2D eigenvalue weighted by atomic mass is 79.9. The first-order valence-corrected chi connectivity index (χ1v) is 6.55. The van der Waals surface area contributed by atoms with E-state index in [1.807, 2.05) is 6.92 Å². The lowest BCUT2D eigenvalue weighted by molar-refractivity contribution is 0.0280. The molecule has 0 fully saturated rings. The maximum atomic E-state index is 9.69. The number of nitrogens with zero attached hydrogens (tertiary/aromatic N) is 3. The molecule has 5 nitrogen and oxygen atoms in total. The number of halogens is 1. The van der Waals surface area contributed by atoms with E-state index in [1.54, 1.807) is 24.4 Å². The van der Waals surface area contributed by atoms with Crippen molar-refractivity contribution < 1.29 is 9.84 Å². The molecule has 0 atom stereocenters. The quantitative estimate of drug-likeness (QED) is 0.941. The monoisotopic (exact) mass is 323 g/mol. The van der Waals surface area contributed by atoms with Crippen LogP contribution in [0.25, 0.3) is 5.52 Å². The minimum atomic E-state index is -0.907. The van der Waals surface area contributed by atoms with Crippen molar-refractivity contribution in [3.05, 3.63) is 28.0 Å². The van der Waals surface area contributed by atoms with Crippen molar-refractivity contribution in [2.24, 2.45) is 0 Å². The second kappa shape index (κ2) is 4.83. The lowest BCUT2D eigenvalue weighted by atomic mass is 10.2. The minimum Gasteiger partial charge on any atom is -0.489 e. The van der Waals surface area contributed by atoms with Crippen molar-refractivity contribution >= 4 is 21.4 Å². The Balaban J connectivity index is 2.49. The molecule has 0 aromatic carbocycles. The Bertz CT molecular complexity index is 665. The number of aromatic nitrogens is 2. The third-order valence-electron chi connectivity index (χ3n) is 2.63. The maximum absolute atomic E-state index is 9.69. The zero-order valence-electron chi connectivity index (χ0n) is 10.9. The Morgan fingerprint density at radius 3 is 2.84 bits per heavy atom. The van der Waals surface area contributed by atoms with Crippen LogP contribution >= 0.6 is 15.9 Å². The number of nitriles is 1. The van der Waals surface area contributed by atoms with E-state index in [2.05, 4.69) is 27.1 Å². The highest BCUT2D eigenvalue weighted by Gasteiger charge is 2.17. The van der Waals surface area contributed by atoms with E-state index < -0.39 is 5.60 Å². The van der Waals surface area contributed by atoms with Gasteiger partial charge in [-0.15, -0.1) is 0 Å². The van der Waals surface area contributed by atoms with Gasteiger partial charge in [0.25, 0.3) is 0 Å². The summed E-state index contributed by atoms with van der Waals surface area (Å²) in [4.78, 5) is 0. The number of ether oxygens (including phenoxy) is 1. The van der Waals surface area contributed by atoms with E-state index in [0.717, 1.165) is 15.7 Å². The lowest BCUT2D eigenvalue weighted by Crippen LogP contribution is -2.28. The van der Waals surface area contributed by atoms with Gasteiger partial charge < -0.3 is 9.84 Å². The average Bonchev–Trinajstić information content (AvgIpc) is 2.75. The largest absolute Gasteiger partial charge is 0.489 e. The molecular formula is C13H14BrN3O2. The molecule has 0 unspecified atom stereocenters. The first-order chi connectivity index (χ1) is 8.83. The zero-order chi connectivity index (χ0) is 14.2. The second-order valence-corrected chi connectivity index (χ2v) is 5.83. The highest BCUT2D eigenvalue weighted by molar-refractivity contribution is 9.10. The van der Waals surface area contributed by atoms with Crippen LogP contribution in [0.4, 0.5) is 0 Å². The van der Waals surface area contributed by atoms with Crippen LogP contribution in [0.15, 0.2) is 16.7 Å². The number of pyridine rings is 1. The normalized spacial score (nSPS) is 11.6. The van der Waals surface area contributed by atoms with Crippen LogP contribution < -0.4 is 4.74 Å². The van der Waals surface area contributed by atoms with Gasteiger partial charge >= 0.3 is 0 Å². The molecule has 0 aliphatic carbocycles. The summed E-state index contributed by atoms with van der Waals surface area (Å²) in [5.41, 5.74) is 1.10. The number of hydrogen-bond donors (Lipinski definition) is 1. The van der Waals surface area contributed by atoms with E-state index in [0.29, 0.717) is 11.3 Å². The first-order valence-electron chi connectivity index (χ1n) is 5.75. The fraction of sp³-hybridized carbons (Fsp3) is 0.385. The topological polar surface area (TPSA) is 70.5 Å². The molecule has 2 rings (SSSR count). The first kappa shape index (κ1) is 13.8. The molecule has 6 heteroatoms. The molecule has 0 amide bonds. The molecule has 0 aliphatic heterocycles. The number of aryl methyl sites for hydroxylation is 1. The van der Waals surface area contributed by atoms with Gasteiger partial charge in [-0.3, -0.25) is 0 Å². The van der Waals surface area contributed by atoms with Gasteiger partial charge in [0.15, 0.2) is 0 Å². The van der Waals surface area contributed by atoms with Gasteiger partial charge in [-0.1, -0.05) is 0 Å². The molecule has 0 spiro atoms. The molecule has 0 radical (unpaired) electrons. The van der Waals surface area contributed by atoms with E-state index >= 15 is 0 Å². The van der Waals surface area contributed by atoms with Crippen molar-refractivity contribution in [1.29, 1.82) is 5.26 Å². The van der Waals surface area contributed by atoms with Gasteiger partial charge in [0, 0.05) is 4.47 Å². The zero-order valence-corrected chi connectivity index (χ0v) is 12.5. The van der Waals surface area contributed by atoms with Crippen LogP contribution in [0.1, 0.15) is 25.1 Å². The standard InChI is InChI=1S/C13H14BrN3O2/c1-8-11(19-7-13(2,3)18)4-10(14)12-9(5-15)6-16-17(8)12/h4,6,18H,7H2,1-3H3. The van der Waals surface area contributed by atoms with E-state index in [4.69, 9.17) is 10.00 Å². The van der Waals surface area contributed by atoms with Crippen molar-refractivity contribution in [3.8, 4) is 11.8 Å². The van der Waals surface area contributed by atoms with Crippen LogP contribution in [-0.2, 0) is 0 Å². The van der Waals surface area contributed by atoms with Gasteiger partial charge in [0.1, 0.15) is 18.4 Å². The van der Waals surface area contributed by atoms with E-state index in [9.17, 15) is 5.11 Å². The summed E-state index contributed by atoms with van der Waals surface area (Å²) < 4.78 is 8.00. The summed E-state index contributed by atoms with van der Waals surface area (Å²) in [6.45, 7) is 5.39.